The van der Waals surface area contributed by atoms with Crippen LogP contribution in [-0.2, 0) is 17.8 Å². The second-order valence-corrected chi connectivity index (χ2v) is 7.90. The predicted molar refractivity (Wildman–Crippen MR) is 125 cm³/mol. The average Bonchev–Trinajstić information content (AvgIpc) is 2.85. The molecule has 7 nitrogen and oxygen atoms in total. The molecule has 0 unspecified atom stereocenters. The predicted octanol–water partition coefficient (Wildman–Crippen LogP) is 3.86. The number of aromatic nitrogens is 1. The summed E-state index contributed by atoms with van der Waals surface area (Å²) in [4.78, 5) is 31.6. The van der Waals surface area contributed by atoms with Gasteiger partial charge in [0.2, 0.25) is 5.43 Å². The fourth-order valence-corrected chi connectivity index (χ4v) is 4.05. The van der Waals surface area contributed by atoms with Crippen LogP contribution in [-0.4, -0.2) is 42.2 Å². The molecule has 0 N–H and O–H groups in total. The fourth-order valence-electron chi connectivity index (χ4n) is 4.05. The van der Waals surface area contributed by atoms with E-state index in [-0.39, 0.29) is 35.7 Å². The van der Waals surface area contributed by atoms with E-state index in [2.05, 4.69) is 4.85 Å². The van der Waals surface area contributed by atoms with E-state index in [9.17, 15) is 9.59 Å². The molecule has 0 bridgehead atoms. The van der Waals surface area contributed by atoms with E-state index in [4.69, 9.17) is 16.0 Å². The van der Waals surface area contributed by atoms with E-state index in [1.165, 1.54) is 6.20 Å². The van der Waals surface area contributed by atoms with Gasteiger partial charge in [-0.25, -0.2) is 4.85 Å². The van der Waals surface area contributed by atoms with Crippen molar-refractivity contribution in [1.82, 2.24) is 9.47 Å². The lowest BCUT2D eigenvalue weighted by molar-refractivity contribution is 0.0589. The largest absolute Gasteiger partial charge is 0.484 e. The Labute approximate surface area is 192 Å². The molecule has 33 heavy (non-hydrogen) atoms. The quantitative estimate of drug-likeness (QED) is 0.496. The van der Waals surface area contributed by atoms with Crippen molar-refractivity contribution in [2.75, 3.05) is 26.8 Å². The van der Waals surface area contributed by atoms with Gasteiger partial charge in [-0.05, 0) is 17.5 Å². The van der Waals surface area contributed by atoms with Crippen LogP contribution >= 0.6 is 0 Å². The van der Waals surface area contributed by atoms with Crippen molar-refractivity contribution in [3.05, 3.63) is 105 Å². The molecule has 0 radical (unpaired) electrons. The summed E-state index contributed by atoms with van der Waals surface area (Å²) < 4.78 is 12.9. The third-order valence-electron chi connectivity index (χ3n) is 5.71. The lowest BCUT2D eigenvalue weighted by Crippen LogP contribution is -2.46. The van der Waals surface area contributed by atoms with Gasteiger partial charge in [-0.3, -0.25) is 9.59 Å². The highest BCUT2D eigenvalue weighted by atomic mass is 16.5. The van der Waals surface area contributed by atoms with Gasteiger partial charge in [-0.2, -0.15) is 0 Å². The van der Waals surface area contributed by atoms with Gasteiger partial charge < -0.3 is 18.9 Å². The summed E-state index contributed by atoms with van der Waals surface area (Å²) >= 11 is 0. The van der Waals surface area contributed by atoms with Gasteiger partial charge in [0.15, 0.2) is 11.4 Å². The molecule has 1 amide bonds. The number of carbonyl (C=O) groups excluding carboxylic acids is 1. The van der Waals surface area contributed by atoms with Crippen molar-refractivity contribution < 1.29 is 14.3 Å². The lowest BCUT2D eigenvalue weighted by atomic mass is 10.0. The van der Waals surface area contributed by atoms with Crippen molar-refractivity contribution in [3.63, 3.8) is 0 Å². The van der Waals surface area contributed by atoms with Crippen molar-refractivity contribution in [2.45, 2.75) is 19.1 Å². The van der Waals surface area contributed by atoms with Crippen LogP contribution in [0.2, 0.25) is 0 Å². The molecule has 2 aromatic carbocycles. The van der Waals surface area contributed by atoms with Gasteiger partial charge in [0.1, 0.15) is 6.61 Å². The topological polar surface area (TPSA) is 65.1 Å². The van der Waals surface area contributed by atoms with E-state index in [1.807, 2.05) is 60.7 Å². The van der Waals surface area contributed by atoms with E-state index in [1.54, 1.807) is 16.6 Å². The molecule has 0 spiro atoms. The number of amides is 1. The maximum atomic E-state index is 13.5. The van der Waals surface area contributed by atoms with E-state index in [0.29, 0.717) is 26.1 Å². The van der Waals surface area contributed by atoms with Crippen molar-refractivity contribution in [2.24, 2.45) is 0 Å². The molecule has 0 saturated carbocycles. The Balaban J connectivity index is 1.79. The molecule has 4 rings (SSSR count). The second-order valence-electron chi connectivity index (χ2n) is 7.90. The first-order valence-electron chi connectivity index (χ1n) is 10.8. The number of fused-ring (bicyclic) bond motifs is 1. The Morgan fingerprint density at radius 2 is 1.70 bits per heavy atom. The first-order chi connectivity index (χ1) is 16.1. The van der Waals surface area contributed by atoms with Gasteiger partial charge in [0.25, 0.3) is 11.6 Å². The number of nitrogens with zero attached hydrogens (tertiary/aromatic N) is 3. The van der Waals surface area contributed by atoms with Gasteiger partial charge in [0.05, 0.1) is 19.2 Å². The highest BCUT2D eigenvalue weighted by Gasteiger charge is 2.35. The Hall–Kier alpha value is -3.89. The molecule has 3 aromatic rings. The maximum absolute atomic E-state index is 13.5. The van der Waals surface area contributed by atoms with Crippen LogP contribution in [0.1, 0.15) is 27.7 Å². The van der Waals surface area contributed by atoms with Crippen molar-refractivity contribution in [1.29, 1.82) is 0 Å². The van der Waals surface area contributed by atoms with E-state index < -0.39 is 5.43 Å². The SMILES string of the molecule is [C-]#[N+]c1cn2c(c(OCc3ccccc3)c1=O)C(=O)N(CCOC)C[C@@H]2Cc1ccccc1. The van der Waals surface area contributed by atoms with Crippen LogP contribution in [0.25, 0.3) is 4.85 Å². The zero-order chi connectivity index (χ0) is 23.2. The number of methoxy groups -OCH3 is 1. The Kier molecular flexibility index (Phi) is 6.86. The molecule has 168 valence electrons. The smallest absolute Gasteiger partial charge is 0.274 e. The van der Waals surface area contributed by atoms with Crippen molar-refractivity contribution >= 4 is 11.6 Å². The number of hydrogen-bond acceptors (Lipinski definition) is 4. The lowest BCUT2D eigenvalue weighted by Gasteiger charge is -2.37. The summed E-state index contributed by atoms with van der Waals surface area (Å²) in [6.45, 7) is 8.86. The summed E-state index contributed by atoms with van der Waals surface area (Å²) in [6, 6.07) is 19.2. The van der Waals surface area contributed by atoms with Crippen LogP contribution in [0.15, 0.2) is 71.7 Å². The minimum absolute atomic E-state index is 0.0574. The standard InChI is InChI=1S/C26H25N3O4/c1-27-22-17-29-21(15-19-9-5-3-6-10-19)16-28(13-14-32-2)26(31)23(29)25(24(22)30)33-18-20-11-7-4-8-12-20/h3-12,17,21H,13-16,18H2,2H3/t21-/m0/s1. The van der Waals surface area contributed by atoms with Gasteiger partial charge in [0, 0.05) is 26.4 Å². The first-order valence-corrected chi connectivity index (χ1v) is 10.8. The number of hydrogen-bond donors (Lipinski definition) is 0. The van der Waals surface area contributed by atoms with Crippen LogP contribution < -0.4 is 10.2 Å². The fraction of sp³-hybridized carbons (Fsp3) is 0.269. The van der Waals surface area contributed by atoms with Crippen LogP contribution in [0.3, 0.4) is 0 Å². The van der Waals surface area contributed by atoms with Gasteiger partial charge in [-0.15, -0.1) is 0 Å². The second kappa shape index (κ2) is 10.2. The number of rotatable bonds is 8. The number of ether oxygens (including phenoxy) is 2. The molecule has 0 fully saturated rings. The van der Waals surface area contributed by atoms with Crippen LogP contribution in [0, 0.1) is 6.57 Å². The minimum atomic E-state index is -0.562. The highest BCUT2D eigenvalue weighted by molar-refractivity contribution is 5.96. The van der Waals surface area contributed by atoms with E-state index >= 15 is 0 Å². The average molecular weight is 444 g/mol. The van der Waals surface area contributed by atoms with Crippen LogP contribution in [0.4, 0.5) is 5.69 Å². The summed E-state index contributed by atoms with van der Waals surface area (Å²) in [6.07, 6.45) is 2.14. The summed E-state index contributed by atoms with van der Waals surface area (Å²) in [5.74, 6) is -0.370. The number of pyridine rings is 1. The Morgan fingerprint density at radius 3 is 2.33 bits per heavy atom. The molecular weight excluding hydrogens is 418 g/mol. The number of carbonyl (C=O) groups is 1. The summed E-state index contributed by atoms with van der Waals surface area (Å²) in [7, 11) is 1.59. The molecule has 1 aliphatic rings. The van der Waals surface area contributed by atoms with Crippen LogP contribution in [0.5, 0.6) is 5.75 Å². The molecular formula is C26H25N3O4. The normalized spacial score (nSPS) is 15.1. The van der Waals surface area contributed by atoms with Gasteiger partial charge in [-0.1, -0.05) is 60.7 Å². The highest BCUT2D eigenvalue weighted by Crippen LogP contribution is 2.31. The number of benzene rings is 2. The minimum Gasteiger partial charge on any atom is -0.484 e. The third kappa shape index (κ3) is 4.81. The summed E-state index contributed by atoms with van der Waals surface area (Å²) in [5, 5.41) is 0. The zero-order valence-corrected chi connectivity index (χ0v) is 18.4. The molecule has 0 saturated heterocycles. The molecule has 2 heterocycles. The van der Waals surface area contributed by atoms with Crippen molar-refractivity contribution in [3.8, 4) is 5.75 Å². The monoisotopic (exact) mass is 443 g/mol. The third-order valence-corrected chi connectivity index (χ3v) is 5.71. The Morgan fingerprint density at radius 1 is 1.03 bits per heavy atom. The molecule has 7 heteroatoms. The molecule has 0 aliphatic carbocycles. The van der Waals surface area contributed by atoms with E-state index in [0.717, 1.165) is 11.1 Å². The first kappa shape index (κ1) is 22.3. The molecule has 1 atom stereocenters. The molecule has 1 aromatic heterocycles. The summed E-state index contributed by atoms with van der Waals surface area (Å²) in [5.41, 5.74) is 1.53. The van der Waals surface area contributed by atoms with Gasteiger partial charge >= 0.3 is 0 Å². The maximum Gasteiger partial charge on any atom is 0.274 e. The zero-order valence-electron chi connectivity index (χ0n) is 18.4. The Bertz CT molecular complexity index is 1220. The molecule has 1 aliphatic heterocycles.